The van der Waals surface area contributed by atoms with E-state index in [4.69, 9.17) is 14.5 Å². The van der Waals surface area contributed by atoms with E-state index in [0.29, 0.717) is 46.9 Å². The van der Waals surface area contributed by atoms with E-state index >= 15 is 0 Å². The molecule has 2 aliphatic heterocycles. The van der Waals surface area contributed by atoms with Gasteiger partial charge in [-0.25, -0.2) is 9.79 Å². The Labute approximate surface area is 285 Å². The van der Waals surface area contributed by atoms with Gasteiger partial charge in [-0.05, 0) is 43.0 Å². The molecule has 0 aliphatic carbocycles. The number of nitrogens with zero attached hydrogens (tertiary/aromatic N) is 4. The van der Waals surface area contributed by atoms with Crippen LogP contribution in [0.4, 0.5) is 0 Å². The van der Waals surface area contributed by atoms with Crippen molar-refractivity contribution in [3.05, 3.63) is 127 Å². The van der Waals surface area contributed by atoms with Crippen LogP contribution in [0, 0.1) is 0 Å². The number of aromatic nitrogens is 2. The summed E-state index contributed by atoms with van der Waals surface area (Å²) in [6.07, 6.45) is 5.80. The minimum absolute atomic E-state index is 0.0254. The number of hydrogen-bond donors (Lipinski definition) is 0. The second-order valence-electron chi connectivity index (χ2n) is 11.4. The molecular formula is C37H34N4O5S2. The Morgan fingerprint density at radius 2 is 1.75 bits per heavy atom. The molecule has 2 aliphatic rings. The van der Waals surface area contributed by atoms with Gasteiger partial charge in [-0.1, -0.05) is 72.0 Å². The fraction of sp³-hybridized carbons (Fsp3) is 0.243. The third-order valence-corrected chi connectivity index (χ3v) is 10.3. The Hall–Kier alpha value is -4.71. The molecule has 0 saturated carbocycles. The first kappa shape index (κ1) is 31.9. The Balaban J connectivity index is 1.40. The lowest BCUT2D eigenvalue weighted by Gasteiger charge is -2.27. The number of esters is 1. The van der Waals surface area contributed by atoms with Gasteiger partial charge in [-0.2, -0.15) is 0 Å². The molecule has 9 nitrogen and oxygen atoms in total. The number of fused-ring (bicyclic) bond motifs is 2. The quantitative estimate of drug-likeness (QED) is 0.178. The highest BCUT2D eigenvalue weighted by molar-refractivity contribution is 7.98. The van der Waals surface area contributed by atoms with Crippen LogP contribution in [0.15, 0.2) is 105 Å². The van der Waals surface area contributed by atoms with E-state index in [1.165, 1.54) is 11.3 Å². The SMILES string of the molecule is CCOC(=O)C1=C(c2ccccc2)N=c2s/c(=C/c3cn(CC(=O)N4CCOCC4)c4ccccc34)c(=O)n2[C@H]1c1ccc(SC)cc1. The largest absolute Gasteiger partial charge is 0.463 e. The number of amides is 1. The molecular weight excluding hydrogens is 645 g/mol. The van der Waals surface area contributed by atoms with Crippen molar-refractivity contribution in [1.82, 2.24) is 14.0 Å². The lowest BCUT2D eigenvalue weighted by Crippen LogP contribution is -2.42. The lowest BCUT2D eigenvalue weighted by atomic mass is 9.93. The van der Waals surface area contributed by atoms with E-state index < -0.39 is 12.0 Å². The van der Waals surface area contributed by atoms with Crippen LogP contribution >= 0.6 is 23.1 Å². The number of benzene rings is 3. The summed E-state index contributed by atoms with van der Waals surface area (Å²) >= 11 is 2.90. The monoisotopic (exact) mass is 678 g/mol. The van der Waals surface area contributed by atoms with Crippen molar-refractivity contribution in [1.29, 1.82) is 0 Å². The third kappa shape index (κ3) is 6.05. The number of carbonyl (C=O) groups excluding carboxylic acids is 2. The fourth-order valence-electron chi connectivity index (χ4n) is 6.26. The first-order valence-electron chi connectivity index (χ1n) is 15.8. The number of ether oxygens (including phenoxy) is 2. The summed E-state index contributed by atoms with van der Waals surface area (Å²) in [6.45, 7) is 4.37. The maximum Gasteiger partial charge on any atom is 0.338 e. The standard InChI is InChI=1S/C37H34N4O5S2/c1-3-46-36(44)32-33(24-9-5-4-6-10-24)38-37-41(34(32)25-13-15-27(47-2)16-14-25)35(43)30(48-37)21-26-22-40(29-12-8-7-11-28(26)29)23-31(42)39-17-19-45-20-18-39/h4-16,21-22,34H,3,17-20,23H2,1-2H3/b30-21+/t34-/m0/s1. The predicted octanol–water partition coefficient (Wildman–Crippen LogP) is 4.47. The molecule has 0 spiro atoms. The summed E-state index contributed by atoms with van der Waals surface area (Å²) in [5, 5.41) is 0.930. The molecule has 7 rings (SSSR count). The van der Waals surface area contributed by atoms with E-state index in [9.17, 15) is 14.4 Å². The smallest absolute Gasteiger partial charge is 0.338 e. The summed E-state index contributed by atoms with van der Waals surface area (Å²) in [4.78, 5) is 49.7. The second-order valence-corrected chi connectivity index (χ2v) is 13.3. The van der Waals surface area contributed by atoms with E-state index in [1.54, 1.807) is 23.3 Å². The van der Waals surface area contributed by atoms with E-state index in [0.717, 1.165) is 32.5 Å². The third-order valence-electron chi connectivity index (χ3n) is 8.58. The van der Waals surface area contributed by atoms with Gasteiger partial charge >= 0.3 is 5.97 Å². The lowest BCUT2D eigenvalue weighted by molar-refractivity contribution is -0.139. The fourth-order valence-corrected chi connectivity index (χ4v) is 7.66. The second kappa shape index (κ2) is 13.8. The predicted molar refractivity (Wildman–Crippen MR) is 189 cm³/mol. The molecule has 1 amide bonds. The molecule has 11 heteroatoms. The number of hydrogen-bond acceptors (Lipinski definition) is 8. The number of carbonyl (C=O) groups is 2. The average Bonchev–Trinajstić information content (AvgIpc) is 3.64. The average molecular weight is 679 g/mol. The van der Waals surface area contributed by atoms with Gasteiger partial charge < -0.3 is 18.9 Å². The summed E-state index contributed by atoms with van der Waals surface area (Å²) in [5.74, 6) is -0.487. The Morgan fingerprint density at radius 3 is 2.48 bits per heavy atom. The Morgan fingerprint density at radius 1 is 1.02 bits per heavy atom. The molecule has 0 N–H and O–H groups in total. The molecule has 1 saturated heterocycles. The molecule has 1 fully saturated rings. The number of para-hydroxylation sites is 1. The Bertz CT molecular complexity index is 2210. The van der Waals surface area contributed by atoms with E-state index in [2.05, 4.69) is 0 Å². The van der Waals surface area contributed by atoms with E-state index in [-0.39, 0.29) is 24.6 Å². The van der Waals surface area contributed by atoms with Crippen molar-refractivity contribution in [3.63, 3.8) is 0 Å². The topological polar surface area (TPSA) is 95.1 Å². The van der Waals surface area contributed by atoms with Crippen molar-refractivity contribution in [3.8, 4) is 0 Å². The maximum absolute atomic E-state index is 14.4. The van der Waals surface area contributed by atoms with Crippen LogP contribution in [0.3, 0.4) is 0 Å². The number of rotatable bonds is 8. The van der Waals surface area contributed by atoms with Crippen LogP contribution in [0.25, 0.3) is 22.7 Å². The van der Waals surface area contributed by atoms with Crippen molar-refractivity contribution in [2.75, 3.05) is 39.2 Å². The van der Waals surface area contributed by atoms with Gasteiger partial charge in [0.25, 0.3) is 5.56 Å². The van der Waals surface area contributed by atoms with Gasteiger partial charge in [0.05, 0.1) is 41.7 Å². The van der Waals surface area contributed by atoms with Gasteiger partial charge in [-0.3, -0.25) is 14.2 Å². The number of morpholine rings is 1. The molecule has 0 radical (unpaired) electrons. The molecule has 3 aromatic carbocycles. The van der Waals surface area contributed by atoms with Crippen LogP contribution < -0.4 is 14.9 Å². The van der Waals surface area contributed by atoms with E-state index in [1.807, 2.05) is 107 Å². The normalized spacial score (nSPS) is 16.6. The summed E-state index contributed by atoms with van der Waals surface area (Å²) in [6, 6.07) is 24.6. The van der Waals surface area contributed by atoms with Crippen LogP contribution in [0.1, 0.15) is 29.7 Å². The van der Waals surface area contributed by atoms with Gasteiger partial charge in [0.15, 0.2) is 4.80 Å². The van der Waals surface area contributed by atoms with Crippen molar-refractivity contribution in [2.24, 2.45) is 4.99 Å². The summed E-state index contributed by atoms with van der Waals surface area (Å²) in [5.41, 5.74) is 3.81. The summed E-state index contributed by atoms with van der Waals surface area (Å²) < 4.78 is 15.0. The maximum atomic E-state index is 14.4. The highest BCUT2D eigenvalue weighted by Crippen LogP contribution is 2.35. The summed E-state index contributed by atoms with van der Waals surface area (Å²) in [7, 11) is 0. The van der Waals surface area contributed by atoms with Crippen LogP contribution in [0.2, 0.25) is 0 Å². The van der Waals surface area contributed by atoms with Gasteiger partial charge in [0, 0.05) is 46.2 Å². The molecule has 48 heavy (non-hydrogen) atoms. The first-order valence-corrected chi connectivity index (χ1v) is 17.9. The molecule has 2 aromatic heterocycles. The first-order chi connectivity index (χ1) is 23.5. The zero-order valence-corrected chi connectivity index (χ0v) is 28.3. The highest BCUT2D eigenvalue weighted by Gasteiger charge is 2.35. The molecule has 244 valence electrons. The van der Waals surface area contributed by atoms with Gasteiger partial charge in [0.2, 0.25) is 5.91 Å². The molecule has 0 bridgehead atoms. The van der Waals surface area contributed by atoms with Gasteiger partial charge in [0.1, 0.15) is 6.54 Å². The molecule has 1 atom stereocenters. The number of thioether (sulfide) groups is 1. The van der Waals surface area contributed by atoms with Crippen molar-refractivity contribution < 1.29 is 19.1 Å². The zero-order valence-electron chi connectivity index (χ0n) is 26.6. The van der Waals surface area contributed by atoms with Crippen LogP contribution in [0.5, 0.6) is 0 Å². The number of thiazole rings is 1. The Kier molecular flexibility index (Phi) is 9.16. The minimum atomic E-state index is -0.749. The van der Waals surface area contributed by atoms with Crippen molar-refractivity contribution >= 4 is 57.7 Å². The zero-order chi connectivity index (χ0) is 33.2. The van der Waals surface area contributed by atoms with Crippen molar-refractivity contribution in [2.45, 2.75) is 24.4 Å². The molecule has 0 unspecified atom stereocenters. The molecule has 5 aromatic rings. The molecule has 4 heterocycles. The van der Waals surface area contributed by atoms with Gasteiger partial charge in [-0.15, -0.1) is 11.8 Å². The highest BCUT2D eigenvalue weighted by atomic mass is 32.2. The van der Waals surface area contributed by atoms with Crippen LogP contribution in [-0.2, 0) is 25.6 Å². The van der Waals surface area contributed by atoms with Crippen LogP contribution in [-0.4, -0.2) is 65.1 Å². The minimum Gasteiger partial charge on any atom is -0.463 e.